The van der Waals surface area contributed by atoms with Gasteiger partial charge in [-0.15, -0.1) is 18.3 Å². The molecule has 0 atom stereocenters. The van der Waals surface area contributed by atoms with Crippen LogP contribution >= 0.6 is 11.6 Å². The van der Waals surface area contributed by atoms with Gasteiger partial charge in [-0.05, 0) is 51.1 Å². The fourth-order valence-electron chi connectivity index (χ4n) is 3.61. The molecule has 0 unspecified atom stereocenters. The van der Waals surface area contributed by atoms with Gasteiger partial charge in [-0.3, -0.25) is 0 Å². The van der Waals surface area contributed by atoms with Crippen LogP contribution in [-0.4, -0.2) is 63.9 Å². The van der Waals surface area contributed by atoms with Crippen LogP contribution in [0.4, 0.5) is 23.8 Å². The molecule has 0 spiro atoms. The highest BCUT2D eigenvalue weighted by atomic mass is 35.5. The molecule has 12 heteroatoms. The van der Waals surface area contributed by atoms with Gasteiger partial charge < -0.3 is 19.3 Å². The third kappa shape index (κ3) is 5.30. The quantitative estimate of drug-likeness (QED) is 0.505. The number of anilines is 1. The SMILES string of the molecule is CC(C)(C)OC(=O)N1CCN(c2nn(-c3ccc(OC(F)(F)F)cc3)c3nccc(Cl)c23)CC1. The molecule has 1 aromatic carbocycles. The molecule has 3 aromatic rings. The van der Waals surface area contributed by atoms with Crippen LogP contribution in [0.5, 0.6) is 5.75 Å². The van der Waals surface area contributed by atoms with E-state index in [1.807, 2.05) is 25.7 Å². The number of rotatable bonds is 3. The summed E-state index contributed by atoms with van der Waals surface area (Å²) in [4.78, 5) is 20.4. The lowest BCUT2D eigenvalue weighted by Crippen LogP contribution is -2.50. The lowest BCUT2D eigenvalue weighted by atomic mass is 10.2. The van der Waals surface area contributed by atoms with Gasteiger partial charge in [-0.2, -0.15) is 0 Å². The molecule has 182 valence electrons. The molecule has 1 aliphatic heterocycles. The Morgan fingerprint density at radius 2 is 1.68 bits per heavy atom. The lowest BCUT2D eigenvalue weighted by Gasteiger charge is -2.35. The van der Waals surface area contributed by atoms with Crippen molar-refractivity contribution < 1.29 is 27.4 Å². The topological polar surface area (TPSA) is 72.7 Å². The Morgan fingerprint density at radius 3 is 2.26 bits per heavy atom. The van der Waals surface area contributed by atoms with E-state index < -0.39 is 12.0 Å². The Hall–Kier alpha value is -3.21. The van der Waals surface area contributed by atoms with E-state index in [1.54, 1.807) is 11.0 Å². The van der Waals surface area contributed by atoms with Crippen LogP contribution in [-0.2, 0) is 4.74 Å². The first-order chi connectivity index (χ1) is 15.9. The van der Waals surface area contributed by atoms with Crippen molar-refractivity contribution in [3.05, 3.63) is 41.6 Å². The van der Waals surface area contributed by atoms with Gasteiger partial charge in [-0.25, -0.2) is 14.5 Å². The second kappa shape index (κ2) is 8.86. The molecule has 0 aliphatic carbocycles. The van der Waals surface area contributed by atoms with Crippen LogP contribution in [0.15, 0.2) is 36.5 Å². The third-order valence-corrected chi connectivity index (χ3v) is 5.36. The average molecular weight is 498 g/mol. The predicted octanol–water partition coefficient (Wildman–Crippen LogP) is 5.03. The van der Waals surface area contributed by atoms with Crippen LogP contribution < -0.4 is 9.64 Å². The van der Waals surface area contributed by atoms with Crippen LogP contribution in [0.2, 0.25) is 5.02 Å². The molecule has 4 rings (SSSR count). The summed E-state index contributed by atoms with van der Waals surface area (Å²) in [6.45, 7) is 7.31. The van der Waals surface area contributed by atoms with Crippen molar-refractivity contribution in [3.63, 3.8) is 0 Å². The summed E-state index contributed by atoms with van der Waals surface area (Å²) < 4.78 is 48.4. The van der Waals surface area contributed by atoms with E-state index >= 15 is 0 Å². The van der Waals surface area contributed by atoms with Gasteiger partial charge in [0, 0.05) is 32.4 Å². The molecule has 34 heavy (non-hydrogen) atoms. The molecule has 8 nitrogen and oxygen atoms in total. The number of piperazine rings is 1. The van der Waals surface area contributed by atoms with Crippen LogP contribution in [0.1, 0.15) is 20.8 Å². The number of hydrogen-bond donors (Lipinski definition) is 0. The summed E-state index contributed by atoms with van der Waals surface area (Å²) in [5.74, 6) is 0.241. The molecule has 0 N–H and O–H groups in total. The number of amides is 1. The maximum absolute atomic E-state index is 12.5. The summed E-state index contributed by atoms with van der Waals surface area (Å²) in [7, 11) is 0. The van der Waals surface area contributed by atoms with Crippen molar-refractivity contribution in [1.29, 1.82) is 0 Å². The number of fused-ring (bicyclic) bond motifs is 1. The molecule has 1 amide bonds. The fraction of sp³-hybridized carbons (Fsp3) is 0.409. The van der Waals surface area contributed by atoms with Crippen molar-refractivity contribution in [1.82, 2.24) is 19.7 Å². The van der Waals surface area contributed by atoms with E-state index in [0.717, 1.165) is 0 Å². The number of halogens is 4. The van der Waals surface area contributed by atoms with Gasteiger partial charge in [0.05, 0.1) is 16.1 Å². The van der Waals surface area contributed by atoms with E-state index in [4.69, 9.17) is 16.3 Å². The monoisotopic (exact) mass is 497 g/mol. The Labute approximate surface area is 198 Å². The zero-order chi connectivity index (χ0) is 24.7. The first kappa shape index (κ1) is 23.9. The molecule has 0 bridgehead atoms. The summed E-state index contributed by atoms with van der Waals surface area (Å²) in [6, 6.07) is 6.98. The zero-order valence-electron chi connectivity index (χ0n) is 18.8. The van der Waals surface area contributed by atoms with Gasteiger partial charge in [0.2, 0.25) is 0 Å². The summed E-state index contributed by atoms with van der Waals surface area (Å²) in [5, 5.41) is 5.73. The highest BCUT2D eigenvalue weighted by Crippen LogP contribution is 2.34. The molecule has 1 fully saturated rings. The van der Waals surface area contributed by atoms with Crippen molar-refractivity contribution in [2.75, 3.05) is 31.1 Å². The molecular formula is C22H23ClF3N5O3. The average Bonchev–Trinajstić information content (AvgIpc) is 3.13. The number of hydrogen-bond acceptors (Lipinski definition) is 6. The van der Waals surface area contributed by atoms with Crippen LogP contribution in [0.25, 0.3) is 16.7 Å². The molecule has 0 radical (unpaired) electrons. The number of alkyl halides is 3. The Kier molecular flexibility index (Phi) is 6.24. The van der Waals surface area contributed by atoms with E-state index in [9.17, 15) is 18.0 Å². The van der Waals surface area contributed by atoms with Gasteiger partial charge in [0.1, 0.15) is 11.4 Å². The summed E-state index contributed by atoms with van der Waals surface area (Å²) in [5.41, 5.74) is 0.373. The minimum Gasteiger partial charge on any atom is -0.444 e. The Bertz CT molecular complexity index is 1180. The number of carbonyl (C=O) groups is 1. The van der Waals surface area contributed by atoms with Crippen molar-refractivity contribution >= 4 is 34.5 Å². The van der Waals surface area contributed by atoms with E-state index in [1.165, 1.54) is 35.1 Å². The molecule has 0 saturated carbocycles. The molecule has 1 aliphatic rings. The number of nitrogens with zero attached hydrogens (tertiary/aromatic N) is 5. The molecule has 1 saturated heterocycles. The Balaban J connectivity index is 1.60. The number of pyridine rings is 1. The zero-order valence-corrected chi connectivity index (χ0v) is 19.5. The molecular weight excluding hydrogens is 475 g/mol. The first-order valence-electron chi connectivity index (χ1n) is 10.5. The predicted molar refractivity (Wildman–Crippen MR) is 121 cm³/mol. The maximum atomic E-state index is 12.5. The third-order valence-electron chi connectivity index (χ3n) is 5.04. The largest absolute Gasteiger partial charge is 0.573 e. The van der Waals surface area contributed by atoms with Gasteiger partial charge >= 0.3 is 12.5 Å². The highest BCUT2D eigenvalue weighted by molar-refractivity contribution is 6.36. The number of ether oxygens (including phenoxy) is 2. The van der Waals surface area contributed by atoms with Crippen LogP contribution in [0, 0.1) is 0 Å². The fourth-order valence-corrected chi connectivity index (χ4v) is 3.83. The van der Waals surface area contributed by atoms with Gasteiger partial charge in [0.25, 0.3) is 0 Å². The first-order valence-corrected chi connectivity index (χ1v) is 10.9. The van der Waals surface area contributed by atoms with E-state index in [0.29, 0.717) is 53.7 Å². The van der Waals surface area contributed by atoms with Crippen molar-refractivity contribution in [3.8, 4) is 11.4 Å². The number of aromatic nitrogens is 3. The second-order valence-corrected chi connectivity index (χ2v) is 9.13. The maximum Gasteiger partial charge on any atom is 0.573 e. The Morgan fingerprint density at radius 1 is 1.03 bits per heavy atom. The van der Waals surface area contributed by atoms with Crippen molar-refractivity contribution in [2.45, 2.75) is 32.7 Å². The van der Waals surface area contributed by atoms with Gasteiger partial charge in [0.15, 0.2) is 11.5 Å². The van der Waals surface area contributed by atoms with Gasteiger partial charge in [-0.1, -0.05) is 11.6 Å². The second-order valence-electron chi connectivity index (χ2n) is 8.72. The minimum atomic E-state index is -4.77. The normalized spacial score (nSPS) is 15.0. The standard InChI is InChI=1S/C22H23ClF3N5O3/c1-21(2,3)34-20(32)30-12-10-29(11-13-30)19-17-16(23)8-9-27-18(17)31(28-19)14-4-6-15(7-5-14)33-22(24,25)26/h4-9H,10-13H2,1-3H3. The minimum absolute atomic E-state index is 0.336. The molecule has 3 heterocycles. The van der Waals surface area contributed by atoms with Crippen LogP contribution in [0.3, 0.4) is 0 Å². The van der Waals surface area contributed by atoms with E-state index in [2.05, 4.69) is 14.8 Å². The summed E-state index contributed by atoms with van der Waals surface area (Å²) in [6.07, 6.45) is -3.61. The number of benzene rings is 1. The molecule has 2 aromatic heterocycles. The lowest BCUT2D eigenvalue weighted by molar-refractivity contribution is -0.274. The highest BCUT2D eigenvalue weighted by Gasteiger charge is 2.31. The van der Waals surface area contributed by atoms with E-state index in [-0.39, 0.29) is 11.8 Å². The smallest absolute Gasteiger partial charge is 0.444 e. The van der Waals surface area contributed by atoms with Crippen molar-refractivity contribution in [2.24, 2.45) is 0 Å². The summed E-state index contributed by atoms with van der Waals surface area (Å²) >= 11 is 6.48. The number of carbonyl (C=O) groups excluding carboxylic acids is 1.